The van der Waals surface area contributed by atoms with Gasteiger partial charge >= 0.3 is 11.8 Å². The van der Waals surface area contributed by atoms with Crippen LogP contribution in [0.1, 0.15) is 6.92 Å². The van der Waals surface area contributed by atoms with Gasteiger partial charge in [-0.25, -0.2) is 8.42 Å². The fourth-order valence-electron chi connectivity index (χ4n) is 3.39. The summed E-state index contributed by atoms with van der Waals surface area (Å²) >= 11 is 3.28. The highest BCUT2D eigenvalue weighted by molar-refractivity contribution is 9.10. The zero-order chi connectivity index (χ0) is 21.2. The molecular formula is C18H23BrN4O5S. The lowest BCUT2D eigenvalue weighted by atomic mass is 10.2. The number of likely N-dealkylation sites (N-methyl/N-ethyl adjacent to an activating group) is 1. The van der Waals surface area contributed by atoms with E-state index in [1.165, 1.54) is 25.1 Å². The largest absolute Gasteiger partial charge is 0.339 e. The highest BCUT2D eigenvalue weighted by atomic mass is 79.9. The zero-order valence-corrected chi connectivity index (χ0v) is 18.5. The van der Waals surface area contributed by atoms with Crippen molar-refractivity contribution in [2.45, 2.75) is 11.8 Å². The van der Waals surface area contributed by atoms with Gasteiger partial charge in [-0.15, -0.1) is 0 Å². The lowest BCUT2D eigenvalue weighted by Gasteiger charge is -2.37. The quantitative estimate of drug-likeness (QED) is 0.544. The van der Waals surface area contributed by atoms with Gasteiger partial charge in [-0.05, 0) is 25.1 Å². The Hall–Kier alpha value is -1.98. The van der Waals surface area contributed by atoms with Gasteiger partial charge in [0.2, 0.25) is 15.9 Å². The van der Waals surface area contributed by atoms with Crippen LogP contribution in [0.15, 0.2) is 33.6 Å². The standard InChI is InChI=1S/C18H23BrN4O5S/c1-2-20-6-7-22(18(26)17(20)25)13-16(24)21-8-10-23(11-9-21)29(27,28)15-5-3-4-14(19)12-15/h3-5,12H,2,6-11,13H2,1H3. The van der Waals surface area contributed by atoms with Crippen LogP contribution < -0.4 is 0 Å². The minimum Gasteiger partial charge on any atom is -0.339 e. The Labute approximate surface area is 178 Å². The summed E-state index contributed by atoms with van der Waals surface area (Å²) in [7, 11) is -3.64. The third kappa shape index (κ3) is 4.62. The second-order valence-corrected chi connectivity index (χ2v) is 9.71. The number of piperazine rings is 2. The summed E-state index contributed by atoms with van der Waals surface area (Å²) < 4.78 is 27.6. The Bertz CT molecular complexity index is 915. The van der Waals surface area contributed by atoms with E-state index in [1.54, 1.807) is 25.1 Å². The second-order valence-electron chi connectivity index (χ2n) is 6.85. The number of halogens is 1. The van der Waals surface area contributed by atoms with Crippen molar-refractivity contribution in [1.82, 2.24) is 19.0 Å². The van der Waals surface area contributed by atoms with E-state index >= 15 is 0 Å². The van der Waals surface area contributed by atoms with Crippen molar-refractivity contribution in [2.75, 3.05) is 52.4 Å². The maximum absolute atomic E-state index is 12.8. The molecule has 0 atom stereocenters. The molecule has 29 heavy (non-hydrogen) atoms. The lowest BCUT2D eigenvalue weighted by Crippen LogP contribution is -2.58. The predicted molar refractivity (Wildman–Crippen MR) is 108 cm³/mol. The number of amides is 3. The molecule has 0 saturated carbocycles. The first-order valence-corrected chi connectivity index (χ1v) is 11.6. The van der Waals surface area contributed by atoms with E-state index in [0.717, 1.165) is 0 Å². The molecule has 2 heterocycles. The molecule has 11 heteroatoms. The SMILES string of the molecule is CCN1CCN(CC(=O)N2CCN(S(=O)(=O)c3cccc(Br)c3)CC2)C(=O)C1=O. The molecule has 2 fully saturated rings. The highest BCUT2D eigenvalue weighted by Gasteiger charge is 2.35. The molecule has 0 spiro atoms. The molecule has 158 valence electrons. The van der Waals surface area contributed by atoms with Gasteiger partial charge in [0.1, 0.15) is 6.54 Å². The van der Waals surface area contributed by atoms with Crippen molar-refractivity contribution >= 4 is 43.7 Å². The van der Waals surface area contributed by atoms with Crippen molar-refractivity contribution in [2.24, 2.45) is 0 Å². The summed E-state index contributed by atoms with van der Waals surface area (Å²) in [5, 5.41) is 0. The molecule has 0 N–H and O–H groups in total. The van der Waals surface area contributed by atoms with E-state index in [0.29, 0.717) is 24.1 Å². The monoisotopic (exact) mass is 486 g/mol. The summed E-state index contributed by atoms with van der Waals surface area (Å²) in [6, 6.07) is 6.50. The lowest BCUT2D eigenvalue weighted by molar-refractivity contribution is -0.157. The summed E-state index contributed by atoms with van der Waals surface area (Å²) in [4.78, 5) is 41.2. The Balaban J connectivity index is 1.57. The Kier molecular flexibility index (Phi) is 6.59. The molecule has 0 aromatic heterocycles. The average molecular weight is 487 g/mol. The van der Waals surface area contributed by atoms with E-state index in [4.69, 9.17) is 0 Å². The van der Waals surface area contributed by atoms with Crippen LogP contribution in [0.2, 0.25) is 0 Å². The molecule has 3 amide bonds. The Morgan fingerprint density at radius 2 is 1.62 bits per heavy atom. The van der Waals surface area contributed by atoms with Crippen LogP contribution in [0.5, 0.6) is 0 Å². The minimum absolute atomic E-state index is 0.166. The van der Waals surface area contributed by atoms with Gasteiger partial charge in [0.15, 0.2) is 0 Å². The third-order valence-electron chi connectivity index (χ3n) is 5.13. The average Bonchev–Trinajstić information content (AvgIpc) is 2.71. The number of nitrogens with zero attached hydrogens (tertiary/aromatic N) is 4. The second kappa shape index (κ2) is 8.80. The van der Waals surface area contributed by atoms with E-state index in [9.17, 15) is 22.8 Å². The van der Waals surface area contributed by atoms with Gasteiger partial charge in [0.25, 0.3) is 0 Å². The van der Waals surface area contributed by atoms with E-state index in [-0.39, 0.29) is 43.5 Å². The van der Waals surface area contributed by atoms with Gasteiger partial charge in [-0.3, -0.25) is 14.4 Å². The number of hydrogen-bond acceptors (Lipinski definition) is 5. The fraction of sp³-hybridized carbons (Fsp3) is 0.500. The van der Waals surface area contributed by atoms with Crippen molar-refractivity contribution < 1.29 is 22.8 Å². The fourth-order valence-corrected chi connectivity index (χ4v) is 5.40. The van der Waals surface area contributed by atoms with Crippen LogP contribution in [0.25, 0.3) is 0 Å². The predicted octanol–water partition coefficient (Wildman–Crippen LogP) is -0.0273. The van der Waals surface area contributed by atoms with E-state index in [1.807, 2.05) is 0 Å². The first-order chi connectivity index (χ1) is 13.7. The summed E-state index contributed by atoms with van der Waals surface area (Å²) in [5.74, 6) is -1.53. The maximum atomic E-state index is 12.8. The Morgan fingerprint density at radius 1 is 1.00 bits per heavy atom. The minimum atomic E-state index is -3.64. The van der Waals surface area contributed by atoms with Crippen molar-refractivity contribution in [3.8, 4) is 0 Å². The normalized spacial score (nSPS) is 19.0. The third-order valence-corrected chi connectivity index (χ3v) is 7.52. The van der Waals surface area contributed by atoms with Crippen LogP contribution in [-0.2, 0) is 24.4 Å². The van der Waals surface area contributed by atoms with Crippen LogP contribution in [0.3, 0.4) is 0 Å². The molecule has 0 unspecified atom stereocenters. The molecule has 3 rings (SSSR count). The van der Waals surface area contributed by atoms with Crippen molar-refractivity contribution in [1.29, 1.82) is 0 Å². The highest BCUT2D eigenvalue weighted by Crippen LogP contribution is 2.21. The van der Waals surface area contributed by atoms with Gasteiger partial charge in [-0.1, -0.05) is 22.0 Å². The molecule has 0 aliphatic carbocycles. The van der Waals surface area contributed by atoms with Gasteiger partial charge in [0, 0.05) is 50.3 Å². The number of hydrogen-bond donors (Lipinski definition) is 0. The van der Waals surface area contributed by atoms with E-state index in [2.05, 4.69) is 15.9 Å². The number of sulfonamides is 1. The molecule has 0 bridgehead atoms. The van der Waals surface area contributed by atoms with Gasteiger partial charge in [-0.2, -0.15) is 4.31 Å². The molecule has 2 saturated heterocycles. The first kappa shape index (κ1) is 21.7. The number of carbonyl (C=O) groups excluding carboxylic acids is 3. The van der Waals surface area contributed by atoms with Gasteiger partial charge < -0.3 is 14.7 Å². The number of benzene rings is 1. The summed E-state index contributed by atoms with van der Waals surface area (Å²) in [5.41, 5.74) is 0. The molecule has 1 aromatic carbocycles. The van der Waals surface area contributed by atoms with Crippen molar-refractivity contribution in [3.63, 3.8) is 0 Å². The summed E-state index contributed by atoms with van der Waals surface area (Å²) in [6.45, 7) is 3.66. The molecule has 9 nitrogen and oxygen atoms in total. The van der Waals surface area contributed by atoms with Crippen molar-refractivity contribution in [3.05, 3.63) is 28.7 Å². The zero-order valence-electron chi connectivity index (χ0n) is 16.1. The van der Waals surface area contributed by atoms with Crippen LogP contribution in [0.4, 0.5) is 0 Å². The van der Waals surface area contributed by atoms with Crippen LogP contribution in [-0.4, -0.2) is 97.5 Å². The molecule has 2 aliphatic rings. The van der Waals surface area contributed by atoms with E-state index < -0.39 is 21.8 Å². The Morgan fingerprint density at radius 3 is 2.24 bits per heavy atom. The molecular weight excluding hydrogens is 464 g/mol. The number of rotatable bonds is 5. The van der Waals surface area contributed by atoms with Crippen LogP contribution >= 0.6 is 15.9 Å². The first-order valence-electron chi connectivity index (χ1n) is 9.35. The molecule has 1 aromatic rings. The summed E-state index contributed by atoms with van der Waals surface area (Å²) in [6.07, 6.45) is 0. The molecule has 2 aliphatic heterocycles. The number of carbonyl (C=O) groups is 3. The smallest absolute Gasteiger partial charge is 0.312 e. The topological polar surface area (TPSA) is 98.3 Å². The molecule has 0 radical (unpaired) electrons. The maximum Gasteiger partial charge on any atom is 0.312 e. The van der Waals surface area contributed by atoms with Crippen LogP contribution in [0, 0.1) is 0 Å². The van der Waals surface area contributed by atoms with Gasteiger partial charge in [0.05, 0.1) is 4.90 Å².